The molecule has 1 N–H and O–H groups in total. The average molecular weight is 156 g/mol. The molecule has 0 aliphatic carbocycles. The van der Waals surface area contributed by atoms with E-state index in [2.05, 4.69) is 24.1 Å². The molecule has 2 nitrogen and oxygen atoms in total. The first kappa shape index (κ1) is 9.01. The third kappa shape index (κ3) is 2.80. The first-order valence-electron chi connectivity index (χ1n) is 4.79. The zero-order chi connectivity index (χ0) is 8.10. The van der Waals surface area contributed by atoms with Crippen molar-refractivity contribution in [1.29, 1.82) is 0 Å². The molecule has 11 heavy (non-hydrogen) atoms. The number of nitrogens with zero attached hydrogens (tertiary/aromatic N) is 1. The smallest absolute Gasteiger partial charge is 0.0110 e. The zero-order valence-corrected chi connectivity index (χ0v) is 7.77. The molecule has 1 saturated heterocycles. The first-order valence-corrected chi connectivity index (χ1v) is 4.79. The molecule has 2 heteroatoms. The summed E-state index contributed by atoms with van der Waals surface area (Å²) in [5.41, 5.74) is 0. The van der Waals surface area contributed by atoms with Crippen molar-refractivity contribution in [2.75, 3.05) is 26.2 Å². The van der Waals surface area contributed by atoms with E-state index in [1.165, 1.54) is 39.0 Å². The van der Waals surface area contributed by atoms with E-state index < -0.39 is 0 Å². The predicted molar refractivity (Wildman–Crippen MR) is 48.8 cm³/mol. The van der Waals surface area contributed by atoms with Crippen LogP contribution in [0.3, 0.4) is 0 Å². The highest BCUT2D eigenvalue weighted by atomic mass is 15.2. The summed E-state index contributed by atoms with van der Waals surface area (Å²) in [5.74, 6) is 0. The van der Waals surface area contributed by atoms with E-state index in [0.717, 1.165) is 6.04 Å². The van der Waals surface area contributed by atoms with Crippen LogP contribution in [-0.2, 0) is 0 Å². The molecule has 1 atom stereocenters. The Morgan fingerprint density at radius 1 is 1.36 bits per heavy atom. The van der Waals surface area contributed by atoms with Gasteiger partial charge in [0.1, 0.15) is 0 Å². The molecule has 0 aromatic carbocycles. The Morgan fingerprint density at radius 3 is 2.55 bits per heavy atom. The third-order valence-electron chi connectivity index (χ3n) is 2.48. The molecule has 0 amide bonds. The molecule has 1 aliphatic rings. The van der Waals surface area contributed by atoms with Crippen molar-refractivity contribution in [3.63, 3.8) is 0 Å². The lowest BCUT2D eigenvalue weighted by Gasteiger charge is -2.32. The molecule has 0 unspecified atom stereocenters. The van der Waals surface area contributed by atoms with Crippen LogP contribution in [0.2, 0.25) is 0 Å². The van der Waals surface area contributed by atoms with Gasteiger partial charge in [0, 0.05) is 32.2 Å². The van der Waals surface area contributed by atoms with E-state index in [9.17, 15) is 0 Å². The summed E-state index contributed by atoms with van der Waals surface area (Å²) >= 11 is 0. The van der Waals surface area contributed by atoms with Crippen LogP contribution in [0.25, 0.3) is 0 Å². The lowest BCUT2D eigenvalue weighted by atomic mass is 10.1. The highest BCUT2D eigenvalue weighted by molar-refractivity contribution is 4.72. The topological polar surface area (TPSA) is 15.3 Å². The Kier molecular flexibility index (Phi) is 3.87. The van der Waals surface area contributed by atoms with Gasteiger partial charge in [-0.25, -0.2) is 0 Å². The number of hydrogen-bond donors (Lipinski definition) is 1. The van der Waals surface area contributed by atoms with Crippen molar-refractivity contribution in [3.8, 4) is 0 Å². The van der Waals surface area contributed by atoms with Crippen molar-refractivity contribution in [2.24, 2.45) is 0 Å². The molecule has 0 aromatic rings. The molecule has 1 heterocycles. The molecule has 1 aliphatic heterocycles. The quantitative estimate of drug-likeness (QED) is 0.658. The zero-order valence-electron chi connectivity index (χ0n) is 7.77. The number of rotatable bonds is 3. The molecular weight excluding hydrogens is 136 g/mol. The van der Waals surface area contributed by atoms with E-state index in [1.54, 1.807) is 0 Å². The lowest BCUT2D eigenvalue weighted by molar-refractivity contribution is 0.176. The van der Waals surface area contributed by atoms with Crippen molar-refractivity contribution in [3.05, 3.63) is 0 Å². The van der Waals surface area contributed by atoms with Crippen molar-refractivity contribution < 1.29 is 0 Å². The van der Waals surface area contributed by atoms with Crippen LogP contribution in [0, 0.1) is 0 Å². The maximum absolute atomic E-state index is 3.37. The van der Waals surface area contributed by atoms with Crippen LogP contribution in [0.15, 0.2) is 0 Å². The fraction of sp³-hybridized carbons (Fsp3) is 1.00. The summed E-state index contributed by atoms with van der Waals surface area (Å²) < 4.78 is 0. The molecule has 0 saturated carbocycles. The Bertz CT molecular complexity index is 97.7. The minimum atomic E-state index is 0.794. The predicted octanol–water partition coefficient (Wildman–Crippen LogP) is 1.08. The molecular formula is C9H20N2. The minimum Gasteiger partial charge on any atom is -0.314 e. The SMILES string of the molecule is CCC[C@H](C)N1CCNCC1. The van der Waals surface area contributed by atoms with E-state index in [1.807, 2.05) is 0 Å². The van der Waals surface area contributed by atoms with Crippen molar-refractivity contribution >= 4 is 0 Å². The van der Waals surface area contributed by atoms with Gasteiger partial charge in [0.05, 0.1) is 0 Å². The summed E-state index contributed by atoms with van der Waals surface area (Å²) in [6, 6.07) is 0.794. The fourth-order valence-corrected chi connectivity index (χ4v) is 1.72. The Labute approximate surface area is 70.0 Å². The van der Waals surface area contributed by atoms with Gasteiger partial charge in [0.25, 0.3) is 0 Å². The normalized spacial score (nSPS) is 23.5. The highest BCUT2D eigenvalue weighted by Crippen LogP contribution is 2.06. The Hall–Kier alpha value is -0.0800. The minimum absolute atomic E-state index is 0.794. The summed E-state index contributed by atoms with van der Waals surface area (Å²) in [6.45, 7) is 9.43. The standard InChI is InChI=1S/C9H20N2/c1-3-4-9(2)11-7-5-10-6-8-11/h9-10H,3-8H2,1-2H3/t9-/m0/s1. The van der Waals surface area contributed by atoms with Gasteiger partial charge >= 0.3 is 0 Å². The number of piperazine rings is 1. The van der Waals surface area contributed by atoms with Crippen LogP contribution in [-0.4, -0.2) is 37.1 Å². The first-order chi connectivity index (χ1) is 5.34. The summed E-state index contributed by atoms with van der Waals surface area (Å²) in [4.78, 5) is 2.58. The van der Waals surface area contributed by atoms with Gasteiger partial charge in [-0.3, -0.25) is 4.90 Å². The van der Waals surface area contributed by atoms with Crippen LogP contribution >= 0.6 is 0 Å². The molecule has 1 rings (SSSR count). The average Bonchev–Trinajstić information content (AvgIpc) is 2.07. The van der Waals surface area contributed by atoms with Crippen molar-refractivity contribution in [2.45, 2.75) is 32.7 Å². The monoisotopic (exact) mass is 156 g/mol. The van der Waals surface area contributed by atoms with E-state index >= 15 is 0 Å². The molecule has 0 radical (unpaired) electrons. The van der Waals surface area contributed by atoms with Gasteiger partial charge < -0.3 is 5.32 Å². The third-order valence-corrected chi connectivity index (χ3v) is 2.48. The van der Waals surface area contributed by atoms with Crippen LogP contribution in [0.4, 0.5) is 0 Å². The number of hydrogen-bond acceptors (Lipinski definition) is 2. The summed E-state index contributed by atoms with van der Waals surface area (Å²) in [6.07, 6.45) is 2.66. The molecule has 0 bridgehead atoms. The lowest BCUT2D eigenvalue weighted by Crippen LogP contribution is -2.47. The van der Waals surface area contributed by atoms with Crippen LogP contribution in [0.1, 0.15) is 26.7 Å². The van der Waals surface area contributed by atoms with Crippen molar-refractivity contribution in [1.82, 2.24) is 10.2 Å². The van der Waals surface area contributed by atoms with Gasteiger partial charge in [-0.15, -0.1) is 0 Å². The largest absolute Gasteiger partial charge is 0.314 e. The van der Waals surface area contributed by atoms with E-state index in [4.69, 9.17) is 0 Å². The molecule has 66 valence electrons. The van der Waals surface area contributed by atoms with E-state index in [0.29, 0.717) is 0 Å². The highest BCUT2D eigenvalue weighted by Gasteiger charge is 2.14. The molecule has 1 fully saturated rings. The second-order valence-corrected chi connectivity index (χ2v) is 3.42. The van der Waals surface area contributed by atoms with Gasteiger partial charge in [-0.05, 0) is 13.3 Å². The maximum atomic E-state index is 3.37. The van der Waals surface area contributed by atoms with E-state index in [-0.39, 0.29) is 0 Å². The van der Waals surface area contributed by atoms with Gasteiger partial charge in [-0.1, -0.05) is 13.3 Å². The van der Waals surface area contributed by atoms with Crippen LogP contribution in [0.5, 0.6) is 0 Å². The summed E-state index contributed by atoms with van der Waals surface area (Å²) in [7, 11) is 0. The Balaban J connectivity index is 2.21. The molecule has 0 spiro atoms. The van der Waals surface area contributed by atoms with Gasteiger partial charge in [0.2, 0.25) is 0 Å². The Morgan fingerprint density at radius 2 is 2.00 bits per heavy atom. The van der Waals surface area contributed by atoms with Gasteiger partial charge in [0.15, 0.2) is 0 Å². The number of nitrogens with one attached hydrogen (secondary N) is 1. The van der Waals surface area contributed by atoms with Crippen LogP contribution < -0.4 is 5.32 Å². The second kappa shape index (κ2) is 4.73. The van der Waals surface area contributed by atoms with Gasteiger partial charge in [-0.2, -0.15) is 0 Å². The molecule has 0 aromatic heterocycles. The second-order valence-electron chi connectivity index (χ2n) is 3.42. The fourth-order valence-electron chi connectivity index (χ4n) is 1.72. The summed E-state index contributed by atoms with van der Waals surface area (Å²) in [5, 5.41) is 3.37. The maximum Gasteiger partial charge on any atom is 0.0110 e.